The molecule has 12 nitrogen and oxygen atoms in total. The summed E-state index contributed by atoms with van der Waals surface area (Å²) in [6.45, 7) is -2.69. The van der Waals surface area contributed by atoms with Gasteiger partial charge in [-0.3, -0.25) is 19.2 Å². The van der Waals surface area contributed by atoms with Gasteiger partial charge < -0.3 is 34.4 Å². The molecule has 0 bridgehead atoms. The number of carbonyl (C=O) groups excluding carboxylic acids is 4. The molecule has 0 radical (unpaired) electrons. The molecule has 2 heterocycles. The lowest BCUT2D eigenvalue weighted by molar-refractivity contribution is -0.171. The van der Waals surface area contributed by atoms with Crippen molar-refractivity contribution in [3.63, 3.8) is 0 Å². The standard InChI is InChI=1S/C15H19N3O9/c1-6(19)23-4-9-11(24-7(2)20)12(25-8(3)21)15(26-9)27-14-10(13(16)22)17-5-18-14/h5,9,11-12,15H,4H2,1-3H3,(H2,16,22)(H,17,18)/t9-,11+,12+,15?/m1/s1/i1D,2D,3D. The summed E-state index contributed by atoms with van der Waals surface area (Å²) in [6, 6.07) is 0. The maximum atomic E-state index is 11.7. The first-order valence-corrected chi connectivity index (χ1v) is 7.38. The molecule has 2 rings (SSSR count). The highest BCUT2D eigenvalue weighted by atomic mass is 16.7. The van der Waals surface area contributed by atoms with Gasteiger partial charge in [0.1, 0.15) is 12.7 Å². The topological polar surface area (TPSA) is 169 Å². The Balaban J connectivity index is 2.30. The lowest BCUT2D eigenvalue weighted by Gasteiger charge is -2.23. The van der Waals surface area contributed by atoms with Crippen LogP contribution in [-0.2, 0) is 33.3 Å². The number of ether oxygens (including phenoxy) is 5. The number of hydrogen-bond donors (Lipinski definition) is 2. The Morgan fingerprint density at radius 1 is 1.19 bits per heavy atom. The molecule has 0 aliphatic carbocycles. The van der Waals surface area contributed by atoms with Crippen LogP contribution < -0.4 is 10.5 Å². The van der Waals surface area contributed by atoms with Crippen LogP contribution in [0, 0.1) is 0 Å². The smallest absolute Gasteiger partial charge is 0.303 e. The first-order chi connectivity index (χ1) is 14.3. The molecular weight excluding hydrogens is 366 g/mol. The van der Waals surface area contributed by atoms with E-state index in [1.165, 1.54) is 0 Å². The fraction of sp³-hybridized carbons (Fsp3) is 0.533. The third-order valence-corrected chi connectivity index (χ3v) is 3.29. The van der Waals surface area contributed by atoms with Crippen molar-refractivity contribution in [3.05, 3.63) is 12.0 Å². The summed E-state index contributed by atoms with van der Waals surface area (Å²) >= 11 is 0. The summed E-state index contributed by atoms with van der Waals surface area (Å²) in [5, 5.41) is 0. The molecule has 1 aromatic rings. The molecule has 148 valence electrons. The lowest BCUT2D eigenvalue weighted by Crippen LogP contribution is -2.42. The summed E-state index contributed by atoms with van der Waals surface area (Å²) in [6.07, 6.45) is -4.42. The minimum absolute atomic E-state index is 0.215. The quantitative estimate of drug-likeness (QED) is 0.438. The normalized spacial score (nSPS) is 25.6. The number of aromatic amines is 1. The van der Waals surface area contributed by atoms with Crippen LogP contribution in [0.5, 0.6) is 5.88 Å². The Morgan fingerprint density at radius 2 is 1.85 bits per heavy atom. The van der Waals surface area contributed by atoms with E-state index in [0.717, 1.165) is 6.33 Å². The highest BCUT2D eigenvalue weighted by molar-refractivity contribution is 5.93. The molecule has 27 heavy (non-hydrogen) atoms. The SMILES string of the molecule is [2H]CC(=O)OC[C@H]1OC(Oc2nc[nH]c2C(N)=O)[C@@H](OC(=O)C[2H])[C@H]1OC(=O)C[2H]. The molecule has 0 spiro atoms. The Hall–Kier alpha value is -3.15. The molecule has 0 aromatic carbocycles. The number of carbonyl (C=O) groups is 4. The molecule has 1 unspecified atom stereocenters. The second kappa shape index (κ2) is 8.49. The van der Waals surface area contributed by atoms with Gasteiger partial charge in [0.25, 0.3) is 5.91 Å². The molecule has 1 aromatic heterocycles. The second-order valence-electron chi connectivity index (χ2n) is 5.20. The Labute approximate surface area is 157 Å². The van der Waals surface area contributed by atoms with Crippen LogP contribution in [0.1, 0.15) is 35.3 Å². The molecular formula is C15H19N3O9. The van der Waals surface area contributed by atoms with Crippen molar-refractivity contribution in [2.45, 2.75) is 45.3 Å². The minimum Gasteiger partial charge on any atom is -0.463 e. The number of amides is 1. The molecule has 4 atom stereocenters. The van der Waals surface area contributed by atoms with Gasteiger partial charge in [-0.05, 0) is 0 Å². The zero-order valence-corrected chi connectivity index (χ0v) is 13.9. The zero-order chi connectivity index (χ0) is 22.3. The Bertz CT molecular complexity index is 790. The van der Waals surface area contributed by atoms with Crippen LogP contribution in [-0.4, -0.2) is 65.0 Å². The first-order valence-electron chi connectivity index (χ1n) is 9.50. The highest BCUT2D eigenvalue weighted by Crippen LogP contribution is 2.30. The van der Waals surface area contributed by atoms with E-state index >= 15 is 0 Å². The van der Waals surface area contributed by atoms with Gasteiger partial charge in [-0.25, -0.2) is 4.98 Å². The van der Waals surface area contributed by atoms with Gasteiger partial charge in [0.15, 0.2) is 11.8 Å². The summed E-state index contributed by atoms with van der Waals surface area (Å²) in [4.78, 5) is 52.3. The van der Waals surface area contributed by atoms with Crippen molar-refractivity contribution in [2.24, 2.45) is 5.73 Å². The van der Waals surface area contributed by atoms with Gasteiger partial charge in [0.05, 0.1) is 6.33 Å². The molecule has 3 N–H and O–H groups in total. The Morgan fingerprint density at radius 3 is 2.48 bits per heavy atom. The summed E-state index contributed by atoms with van der Waals surface area (Å²) < 4.78 is 47.2. The molecule has 0 saturated carbocycles. The maximum Gasteiger partial charge on any atom is 0.303 e. The third kappa shape index (κ3) is 5.17. The first kappa shape index (κ1) is 16.1. The summed E-state index contributed by atoms with van der Waals surface area (Å²) in [5.74, 6) is -4.10. The number of esters is 3. The van der Waals surface area contributed by atoms with E-state index in [-0.39, 0.29) is 11.6 Å². The van der Waals surface area contributed by atoms with Crippen molar-refractivity contribution in [1.82, 2.24) is 9.97 Å². The van der Waals surface area contributed by atoms with Crippen LogP contribution in [0.25, 0.3) is 0 Å². The predicted octanol–water partition coefficient (Wildman–Crippen LogP) is -0.961. The lowest BCUT2D eigenvalue weighted by atomic mass is 10.1. The van der Waals surface area contributed by atoms with Gasteiger partial charge >= 0.3 is 17.9 Å². The van der Waals surface area contributed by atoms with E-state index in [9.17, 15) is 19.2 Å². The van der Waals surface area contributed by atoms with Crippen molar-refractivity contribution in [2.75, 3.05) is 6.61 Å². The van der Waals surface area contributed by atoms with E-state index in [2.05, 4.69) is 9.97 Å². The number of imidazole rings is 1. The molecule has 1 amide bonds. The molecule has 1 aliphatic rings. The van der Waals surface area contributed by atoms with Crippen LogP contribution >= 0.6 is 0 Å². The van der Waals surface area contributed by atoms with Crippen molar-refractivity contribution < 1.29 is 47.0 Å². The number of hydrogen-bond acceptors (Lipinski definition) is 10. The number of H-pyrrole nitrogens is 1. The average Bonchev–Trinajstić information content (AvgIpc) is 3.31. The zero-order valence-electron chi connectivity index (χ0n) is 16.9. The number of primary amides is 1. The predicted molar refractivity (Wildman–Crippen MR) is 84.1 cm³/mol. The molecule has 1 saturated heterocycles. The molecule has 1 fully saturated rings. The van der Waals surface area contributed by atoms with Gasteiger partial charge in [0, 0.05) is 24.8 Å². The minimum atomic E-state index is -1.50. The fourth-order valence-corrected chi connectivity index (χ4v) is 2.32. The van der Waals surface area contributed by atoms with E-state index < -0.39 is 75.7 Å². The van der Waals surface area contributed by atoms with Crippen molar-refractivity contribution in [3.8, 4) is 5.88 Å². The van der Waals surface area contributed by atoms with Crippen LogP contribution in [0.15, 0.2) is 6.33 Å². The summed E-state index contributed by atoms with van der Waals surface area (Å²) in [7, 11) is 0. The van der Waals surface area contributed by atoms with Crippen LogP contribution in [0.4, 0.5) is 0 Å². The van der Waals surface area contributed by atoms with Crippen LogP contribution in [0.3, 0.4) is 0 Å². The van der Waals surface area contributed by atoms with E-state index in [1.807, 2.05) is 0 Å². The number of nitrogens with zero attached hydrogens (tertiary/aromatic N) is 1. The summed E-state index contributed by atoms with van der Waals surface area (Å²) in [5.41, 5.74) is 4.98. The molecule has 1 aliphatic heterocycles. The van der Waals surface area contributed by atoms with Crippen LogP contribution in [0.2, 0.25) is 0 Å². The van der Waals surface area contributed by atoms with E-state index in [1.54, 1.807) is 0 Å². The Kier molecular flexibility index (Phi) is 5.05. The maximum absolute atomic E-state index is 11.7. The molecule has 12 heteroatoms. The van der Waals surface area contributed by atoms with Crippen molar-refractivity contribution >= 4 is 23.8 Å². The number of rotatable bonds is 7. The van der Waals surface area contributed by atoms with E-state index in [4.69, 9.17) is 33.5 Å². The second-order valence-corrected chi connectivity index (χ2v) is 5.20. The highest BCUT2D eigenvalue weighted by Gasteiger charge is 2.51. The number of nitrogens with two attached hydrogens (primary N) is 1. The van der Waals surface area contributed by atoms with Gasteiger partial charge in [-0.1, -0.05) is 0 Å². The van der Waals surface area contributed by atoms with Gasteiger partial charge in [0.2, 0.25) is 18.3 Å². The van der Waals surface area contributed by atoms with Gasteiger partial charge in [-0.2, -0.15) is 0 Å². The number of nitrogens with one attached hydrogen (secondary N) is 1. The van der Waals surface area contributed by atoms with Crippen molar-refractivity contribution in [1.29, 1.82) is 0 Å². The largest absolute Gasteiger partial charge is 0.463 e. The average molecular weight is 388 g/mol. The van der Waals surface area contributed by atoms with E-state index in [0.29, 0.717) is 0 Å². The monoisotopic (exact) mass is 388 g/mol. The number of aromatic nitrogens is 2. The fourth-order valence-electron chi connectivity index (χ4n) is 2.32. The van der Waals surface area contributed by atoms with Gasteiger partial charge in [-0.15, -0.1) is 0 Å². The third-order valence-electron chi connectivity index (χ3n) is 3.29.